The average molecular weight is 612 g/mol. The lowest BCUT2D eigenvalue weighted by Gasteiger charge is -2.29. The topological polar surface area (TPSA) is 107 Å². The van der Waals surface area contributed by atoms with Crippen molar-refractivity contribution < 1.29 is 32.4 Å². The lowest BCUT2D eigenvalue weighted by molar-refractivity contribution is -0.141. The Morgan fingerprint density at radius 1 is 1.09 bits per heavy atom. The van der Waals surface area contributed by atoms with E-state index in [1.54, 1.807) is 72.8 Å². The SMILES string of the molecule is CCOP(=O)(OCC)c1ccc2c(C(C)=O)cn(CC(=O)N3[C@@H]4CCC[C@@H]4C[C@H]3C(=O)NCc3cccc(C)c3F)c2c1. The molecule has 2 fully saturated rings. The predicted molar refractivity (Wildman–Crippen MR) is 162 cm³/mol. The van der Waals surface area contributed by atoms with Crippen LogP contribution < -0.4 is 10.6 Å². The molecule has 0 unspecified atom stereocenters. The molecule has 0 bridgehead atoms. The number of fused-ring (bicyclic) bond motifs is 2. The monoisotopic (exact) mass is 611 g/mol. The van der Waals surface area contributed by atoms with Gasteiger partial charge in [0, 0.05) is 35.3 Å². The Morgan fingerprint density at radius 3 is 2.53 bits per heavy atom. The zero-order valence-electron chi connectivity index (χ0n) is 25.1. The third kappa shape index (κ3) is 6.06. The van der Waals surface area contributed by atoms with Gasteiger partial charge in [0.1, 0.15) is 18.4 Å². The van der Waals surface area contributed by atoms with Gasteiger partial charge >= 0.3 is 7.60 Å². The zero-order valence-corrected chi connectivity index (χ0v) is 26.0. The van der Waals surface area contributed by atoms with Crippen molar-refractivity contribution in [3.8, 4) is 0 Å². The first-order chi connectivity index (χ1) is 20.6. The molecule has 0 radical (unpaired) electrons. The Balaban J connectivity index is 1.44. The van der Waals surface area contributed by atoms with Crippen molar-refractivity contribution in [2.45, 2.75) is 78.6 Å². The number of carbonyl (C=O) groups excluding carboxylic acids is 3. The highest BCUT2D eigenvalue weighted by atomic mass is 31.2. The summed E-state index contributed by atoms with van der Waals surface area (Å²) in [7, 11) is -3.62. The number of nitrogens with zero attached hydrogens (tertiary/aromatic N) is 2. The molecule has 2 heterocycles. The molecular weight excluding hydrogens is 572 g/mol. The highest BCUT2D eigenvalue weighted by Gasteiger charge is 2.48. The summed E-state index contributed by atoms with van der Waals surface area (Å²) in [5.74, 6) is -0.843. The molecule has 230 valence electrons. The molecule has 1 aromatic heterocycles. The van der Waals surface area contributed by atoms with Crippen molar-refractivity contribution in [2.75, 3.05) is 13.2 Å². The fourth-order valence-electron chi connectivity index (χ4n) is 6.64. The molecular formula is C32H39FN3O6P. The normalized spacial score (nSPS) is 20.0. The van der Waals surface area contributed by atoms with Gasteiger partial charge in [0.15, 0.2) is 5.78 Å². The van der Waals surface area contributed by atoms with Gasteiger partial charge in [-0.2, -0.15) is 0 Å². The van der Waals surface area contributed by atoms with Crippen LogP contribution in [0.25, 0.3) is 10.9 Å². The van der Waals surface area contributed by atoms with Gasteiger partial charge in [-0.25, -0.2) is 4.39 Å². The van der Waals surface area contributed by atoms with Crippen LogP contribution in [-0.2, 0) is 36.3 Å². The third-order valence-electron chi connectivity index (χ3n) is 8.62. The van der Waals surface area contributed by atoms with Crippen LogP contribution in [0, 0.1) is 18.7 Å². The molecule has 2 amide bonds. The molecule has 5 rings (SSSR count). The Labute approximate surface area is 251 Å². The number of nitrogens with one attached hydrogen (secondary N) is 1. The smallest absolute Gasteiger partial charge is 0.350 e. The number of aromatic nitrogens is 1. The van der Waals surface area contributed by atoms with Gasteiger partial charge in [-0.05, 0) is 70.6 Å². The van der Waals surface area contributed by atoms with Gasteiger partial charge in [-0.1, -0.05) is 30.7 Å². The quantitative estimate of drug-likeness (QED) is 0.234. The molecule has 0 spiro atoms. The molecule has 3 atom stereocenters. The number of aryl methyl sites for hydroxylation is 1. The first-order valence-corrected chi connectivity index (χ1v) is 16.5. The Kier molecular flexibility index (Phi) is 9.20. The van der Waals surface area contributed by atoms with Crippen molar-refractivity contribution in [2.24, 2.45) is 5.92 Å². The summed E-state index contributed by atoms with van der Waals surface area (Å²) in [5, 5.41) is 3.82. The van der Waals surface area contributed by atoms with Crippen LogP contribution >= 0.6 is 7.60 Å². The van der Waals surface area contributed by atoms with Crippen molar-refractivity contribution in [3.63, 3.8) is 0 Å². The average Bonchev–Trinajstić information content (AvgIpc) is 3.67. The summed E-state index contributed by atoms with van der Waals surface area (Å²) in [5.41, 5.74) is 1.89. The molecule has 43 heavy (non-hydrogen) atoms. The molecule has 11 heteroatoms. The van der Waals surface area contributed by atoms with Crippen molar-refractivity contribution >= 4 is 41.4 Å². The van der Waals surface area contributed by atoms with Gasteiger partial charge in [0.05, 0.1) is 24.0 Å². The van der Waals surface area contributed by atoms with E-state index >= 15 is 0 Å². The van der Waals surface area contributed by atoms with E-state index in [9.17, 15) is 23.3 Å². The highest BCUT2D eigenvalue weighted by molar-refractivity contribution is 7.62. The van der Waals surface area contributed by atoms with Crippen LogP contribution in [-0.4, -0.2) is 52.4 Å². The minimum Gasteiger partial charge on any atom is -0.350 e. The van der Waals surface area contributed by atoms with E-state index in [0.29, 0.717) is 39.3 Å². The fourth-order valence-corrected chi connectivity index (χ4v) is 8.23. The number of halogens is 1. The van der Waals surface area contributed by atoms with Gasteiger partial charge < -0.3 is 23.8 Å². The summed E-state index contributed by atoms with van der Waals surface area (Å²) in [4.78, 5) is 41.7. The third-order valence-corrected chi connectivity index (χ3v) is 10.7. The standard InChI is InChI=1S/C32H39FN3O6P/c1-5-41-43(40,42-6-2)24-13-14-25-26(21(4)37)18-35(28(25)16-24)19-30(38)36-27-12-8-10-22(27)15-29(36)32(39)34-17-23-11-7-9-20(3)31(23)33/h7,9,11,13-14,16,18,22,27,29H,5-6,8,10,12,15,17,19H2,1-4H3,(H,34,39)/t22-,27-,29+/m1/s1. The number of likely N-dealkylation sites (tertiary alicyclic amines) is 1. The fraction of sp³-hybridized carbons (Fsp3) is 0.469. The number of carbonyl (C=O) groups is 3. The number of rotatable bonds is 11. The Bertz CT molecular complexity index is 1590. The van der Waals surface area contributed by atoms with Crippen LogP contribution in [0.15, 0.2) is 42.6 Å². The van der Waals surface area contributed by atoms with Gasteiger partial charge in [-0.15, -0.1) is 0 Å². The van der Waals surface area contributed by atoms with E-state index in [2.05, 4.69) is 5.32 Å². The maximum absolute atomic E-state index is 14.6. The Hall–Kier alpha value is -3.33. The summed E-state index contributed by atoms with van der Waals surface area (Å²) in [6, 6.07) is 9.34. The first kappa shape index (κ1) is 31.1. The predicted octanol–water partition coefficient (Wildman–Crippen LogP) is 5.27. The van der Waals surface area contributed by atoms with Gasteiger partial charge in [-0.3, -0.25) is 18.9 Å². The van der Waals surface area contributed by atoms with Crippen LogP contribution in [0.5, 0.6) is 0 Å². The van der Waals surface area contributed by atoms with E-state index in [1.807, 2.05) is 0 Å². The second-order valence-electron chi connectivity index (χ2n) is 11.3. The van der Waals surface area contributed by atoms with Crippen LogP contribution in [0.2, 0.25) is 0 Å². The second kappa shape index (κ2) is 12.7. The number of Topliss-reactive ketones (excluding diaryl/α,β-unsaturated/α-hetero) is 1. The molecule has 1 saturated carbocycles. The second-order valence-corrected chi connectivity index (χ2v) is 13.4. The number of amides is 2. The minimum absolute atomic E-state index is 0.0346. The molecule has 9 nitrogen and oxygen atoms in total. The molecule has 1 saturated heterocycles. The highest BCUT2D eigenvalue weighted by Crippen LogP contribution is 2.47. The number of hydrogen-bond acceptors (Lipinski definition) is 6. The lowest BCUT2D eigenvalue weighted by Crippen LogP contribution is -2.49. The zero-order chi connectivity index (χ0) is 30.9. The van der Waals surface area contributed by atoms with Crippen LogP contribution in [0.3, 0.4) is 0 Å². The van der Waals surface area contributed by atoms with Gasteiger partial charge in [0.2, 0.25) is 11.8 Å². The maximum atomic E-state index is 14.6. The van der Waals surface area contributed by atoms with E-state index in [4.69, 9.17) is 9.05 Å². The summed E-state index contributed by atoms with van der Waals surface area (Å²) in [6.07, 6.45) is 4.93. The molecule has 3 aromatic rings. The van der Waals surface area contributed by atoms with E-state index < -0.39 is 13.6 Å². The molecule has 1 aliphatic carbocycles. The number of ketones is 1. The number of hydrogen-bond donors (Lipinski definition) is 1. The molecule has 1 aliphatic heterocycles. The summed E-state index contributed by atoms with van der Waals surface area (Å²) in [6.45, 7) is 6.90. The summed E-state index contributed by atoms with van der Waals surface area (Å²) < 4.78 is 40.8. The Morgan fingerprint density at radius 2 is 1.84 bits per heavy atom. The maximum Gasteiger partial charge on any atom is 0.361 e. The van der Waals surface area contributed by atoms with Crippen molar-refractivity contribution in [1.82, 2.24) is 14.8 Å². The van der Waals surface area contributed by atoms with E-state index in [1.165, 1.54) is 6.92 Å². The summed E-state index contributed by atoms with van der Waals surface area (Å²) >= 11 is 0. The van der Waals surface area contributed by atoms with Crippen LogP contribution in [0.4, 0.5) is 4.39 Å². The molecule has 1 N–H and O–H groups in total. The molecule has 2 aliphatic rings. The first-order valence-electron chi connectivity index (χ1n) is 14.9. The lowest BCUT2D eigenvalue weighted by atomic mass is 10.0. The van der Waals surface area contributed by atoms with E-state index in [0.717, 1.165) is 19.3 Å². The largest absolute Gasteiger partial charge is 0.361 e. The molecule has 2 aromatic carbocycles. The van der Waals surface area contributed by atoms with Gasteiger partial charge in [0.25, 0.3) is 0 Å². The van der Waals surface area contributed by atoms with Crippen molar-refractivity contribution in [1.29, 1.82) is 0 Å². The van der Waals surface area contributed by atoms with Crippen LogP contribution in [0.1, 0.15) is 67.9 Å². The van der Waals surface area contributed by atoms with E-state index in [-0.39, 0.29) is 61.7 Å². The van der Waals surface area contributed by atoms with Crippen molar-refractivity contribution in [3.05, 3.63) is 65.1 Å². The minimum atomic E-state index is -3.62. The number of benzene rings is 2.